The number of hydrogen-bond acceptors (Lipinski definition) is 4. The highest BCUT2D eigenvalue weighted by atomic mass is 32.2. The molecular formula is C23H33N3O2S. The molecular weight excluding hydrogens is 382 g/mol. The van der Waals surface area contributed by atoms with Crippen molar-refractivity contribution in [3.05, 3.63) is 65.7 Å². The van der Waals surface area contributed by atoms with Crippen molar-refractivity contribution in [2.45, 2.75) is 51.1 Å². The highest BCUT2D eigenvalue weighted by Gasteiger charge is 2.31. The van der Waals surface area contributed by atoms with Gasteiger partial charge in [-0.1, -0.05) is 55.8 Å². The normalized spacial score (nSPS) is 19.4. The SMILES string of the molecule is CCCS(=O)(=O)NC1CCCC1c1ccc(N(CCN)Cc2ccccc2)cc1. The van der Waals surface area contributed by atoms with Crippen LogP contribution in [0.3, 0.4) is 0 Å². The average molecular weight is 416 g/mol. The topological polar surface area (TPSA) is 75.4 Å². The van der Waals surface area contributed by atoms with E-state index in [4.69, 9.17) is 5.73 Å². The Hall–Kier alpha value is -1.89. The van der Waals surface area contributed by atoms with Crippen molar-refractivity contribution >= 4 is 15.7 Å². The summed E-state index contributed by atoms with van der Waals surface area (Å²) in [4.78, 5) is 2.29. The van der Waals surface area contributed by atoms with Crippen LogP contribution in [0.1, 0.15) is 49.7 Å². The van der Waals surface area contributed by atoms with Gasteiger partial charge in [-0.05, 0) is 42.5 Å². The zero-order chi connectivity index (χ0) is 20.7. The maximum absolute atomic E-state index is 12.2. The van der Waals surface area contributed by atoms with Gasteiger partial charge in [0.15, 0.2) is 0 Å². The molecule has 0 amide bonds. The number of hydrogen-bond donors (Lipinski definition) is 2. The van der Waals surface area contributed by atoms with Crippen molar-refractivity contribution in [1.82, 2.24) is 4.72 Å². The molecule has 1 saturated carbocycles. The van der Waals surface area contributed by atoms with Crippen LogP contribution in [0.15, 0.2) is 54.6 Å². The minimum Gasteiger partial charge on any atom is -0.366 e. The number of benzene rings is 2. The molecule has 3 rings (SSSR count). The summed E-state index contributed by atoms with van der Waals surface area (Å²) < 4.78 is 27.4. The summed E-state index contributed by atoms with van der Waals surface area (Å²) in [6.07, 6.45) is 3.62. The van der Waals surface area contributed by atoms with Crippen LogP contribution in [-0.4, -0.2) is 33.3 Å². The third-order valence-electron chi connectivity index (χ3n) is 5.62. The summed E-state index contributed by atoms with van der Waals surface area (Å²) in [6.45, 7) is 4.10. The van der Waals surface area contributed by atoms with Gasteiger partial charge in [-0.25, -0.2) is 13.1 Å². The molecule has 1 aliphatic carbocycles. The molecule has 3 N–H and O–H groups in total. The fourth-order valence-corrected chi connectivity index (χ4v) is 5.65. The Morgan fingerprint density at radius 1 is 1.07 bits per heavy atom. The summed E-state index contributed by atoms with van der Waals surface area (Å²) in [7, 11) is -3.19. The first-order valence-electron chi connectivity index (χ1n) is 10.6. The standard InChI is InChI=1S/C23H33N3O2S/c1-2-17-29(27,28)25-23-10-6-9-22(23)20-11-13-21(14-12-20)26(16-15-24)18-19-7-4-3-5-8-19/h3-5,7-8,11-14,22-23,25H,2,6,9-10,15-18,24H2,1H3. The number of rotatable bonds is 10. The van der Waals surface area contributed by atoms with Crippen LogP contribution >= 0.6 is 0 Å². The summed E-state index contributed by atoms with van der Waals surface area (Å²) >= 11 is 0. The summed E-state index contributed by atoms with van der Waals surface area (Å²) in [5.41, 5.74) is 9.45. The maximum Gasteiger partial charge on any atom is 0.211 e. The van der Waals surface area contributed by atoms with Crippen LogP contribution in [-0.2, 0) is 16.6 Å². The van der Waals surface area contributed by atoms with E-state index in [1.807, 2.05) is 13.0 Å². The van der Waals surface area contributed by atoms with Gasteiger partial charge in [0.1, 0.15) is 0 Å². The van der Waals surface area contributed by atoms with Crippen LogP contribution in [0.5, 0.6) is 0 Å². The summed E-state index contributed by atoms with van der Waals surface area (Å²) in [6, 6.07) is 19.0. The molecule has 2 unspecified atom stereocenters. The van der Waals surface area contributed by atoms with Crippen molar-refractivity contribution in [1.29, 1.82) is 0 Å². The van der Waals surface area contributed by atoms with Crippen LogP contribution in [0.2, 0.25) is 0 Å². The van der Waals surface area contributed by atoms with E-state index in [9.17, 15) is 8.42 Å². The van der Waals surface area contributed by atoms with Crippen LogP contribution in [0.25, 0.3) is 0 Å². The lowest BCUT2D eigenvalue weighted by molar-refractivity contribution is 0.524. The van der Waals surface area contributed by atoms with Gasteiger partial charge in [0.2, 0.25) is 10.0 Å². The predicted octanol–water partition coefficient (Wildman–Crippen LogP) is 3.62. The van der Waals surface area contributed by atoms with E-state index in [0.717, 1.165) is 38.0 Å². The van der Waals surface area contributed by atoms with Crippen LogP contribution < -0.4 is 15.4 Å². The Bertz CT molecular complexity index is 853. The van der Waals surface area contributed by atoms with Gasteiger partial charge in [0.25, 0.3) is 0 Å². The molecule has 158 valence electrons. The van der Waals surface area contributed by atoms with Crippen molar-refractivity contribution in [3.8, 4) is 0 Å². The lowest BCUT2D eigenvalue weighted by Crippen LogP contribution is -2.37. The van der Waals surface area contributed by atoms with Gasteiger partial charge in [0.05, 0.1) is 5.75 Å². The zero-order valence-corrected chi connectivity index (χ0v) is 18.1. The molecule has 0 heterocycles. The molecule has 0 spiro atoms. The number of nitrogens with one attached hydrogen (secondary N) is 1. The smallest absolute Gasteiger partial charge is 0.211 e. The maximum atomic E-state index is 12.2. The molecule has 2 aromatic rings. The van der Waals surface area contributed by atoms with Gasteiger partial charge in [-0.2, -0.15) is 0 Å². The lowest BCUT2D eigenvalue weighted by Gasteiger charge is -2.26. The molecule has 1 aliphatic rings. The monoisotopic (exact) mass is 415 g/mol. The highest BCUT2D eigenvalue weighted by molar-refractivity contribution is 7.89. The van der Waals surface area contributed by atoms with Gasteiger partial charge in [-0.15, -0.1) is 0 Å². The van der Waals surface area contributed by atoms with E-state index < -0.39 is 10.0 Å². The Morgan fingerprint density at radius 3 is 2.45 bits per heavy atom. The van der Waals surface area contributed by atoms with Crippen LogP contribution in [0, 0.1) is 0 Å². The van der Waals surface area contributed by atoms with Gasteiger partial charge < -0.3 is 10.6 Å². The molecule has 2 atom stereocenters. The van der Waals surface area contributed by atoms with E-state index in [0.29, 0.717) is 13.0 Å². The molecule has 0 saturated heterocycles. The van der Waals surface area contributed by atoms with Crippen molar-refractivity contribution in [3.63, 3.8) is 0 Å². The van der Waals surface area contributed by atoms with Crippen molar-refractivity contribution in [2.75, 3.05) is 23.7 Å². The second-order valence-corrected chi connectivity index (χ2v) is 9.74. The molecule has 0 aromatic heterocycles. The minimum absolute atomic E-state index is 0.00173. The largest absolute Gasteiger partial charge is 0.366 e. The van der Waals surface area contributed by atoms with E-state index in [1.54, 1.807) is 0 Å². The van der Waals surface area contributed by atoms with Crippen molar-refractivity contribution < 1.29 is 8.42 Å². The molecule has 29 heavy (non-hydrogen) atoms. The minimum atomic E-state index is -3.19. The highest BCUT2D eigenvalue weighted by Crippen LogP contribution is 2.36. The molecule has 6 heteroatoms. The Morgan fingerprint density at radius 2 is 1.79 bits per heavy atom. The van der Waals surface area contributed by atoms with Gasteiger partial charge in [0, 0.05) is 37.3 Å². The lowest BCUT2D eigenvalue weighted by atomic mass is 9.94. The first kappa shape index (κ1) is 21.8. The number of sulfonamides is 1. The Kier molecular flexibility index (Phi) is 7.70. The van der Waals surface area contributed by atoms with Gasteiger partial charge >= 0.3 is 0 Å². The predicted molar refractivity (Wildman–Crippen MR) is 121 cm³/mol. The Labute approximate surface area is 175 Å². The molecule has 1 fully saturated rings. The summed E-state index contributed by atoms with van der Waals surface area (Å²) in [5, 5.41) is 0. The number of nitrogens with two attached hydrogens (primary N) is 1. The van der Waals surface area contributed by atoms with Crippen LogP contribution in [0.4, 0.5) is 5.69 Å². The van der Waals surface area contributed by atoms with E-state index >= 15 is 0 Å². The quantitative estimate of drug-likeness (QED) is 0.621. The van der Waals surface area contributed by atoms with Gasteiger partial charge in [-0.3, -0.25) is 0 Å². The van der Waals surface area contributed by atoms with E-state index in [2.05, 4.69) is 58.2 Å². The van der Waals surface area contributed by atoms with Crippen molar-refractivity contribution in [2.24, 2.45) is 5.73 Å². The van der Waals surface area contributed by atoms with E-state index in [-0.39, 0.29) is 17.7 Å². The molecule has 5 nitrogen and oxygen atoms in total. The third-order valence-corrected chi connectivity index (χ3v) is 7.23. The Balaban J connectivity index is 1.72. The second kappa shape index (κ2) is 10.2. The molecule has 0 bridgehead atoms. The molecule has 0 radical (unpaired) electrons. The number of nitrogens with zero attached hydrogens (tertiary/aromatic N) is 1. The second-order valence-electron chi connectivity index (χ2n) is 7.87. The number of anilines is 1. The third kappa shape index (κ3) is 6.04. The first-order valence-corrected chi connectivity index (χ1v) is 12.3. The summed E-state index contributed by atoms with van der Waals surface area (Å²) in [5.74, 6) is 0.440. The fraction of sp³-hybridized carbons (Fsp3) is 0.478. The molecule has 0 aliphatic heterocycles. The zero-order valence-electron chi connectivity index (χ0n) is 17.3. The fourth-order valence-electron chi connectivity index (χ4n) is 4.25. The average Bonchev–Trinajstić information content (AvgIpc) is 3.16. The molecule has 2 aromatic carbocycles. The van der Waals surface area contributed by atoms with E-state index in [1.165, 1.54) is 11.1 Å². The first-order chi connectivity index (χ1) is 14.0.